The second kappa shape index (κ2) is 17.5. The second-order valence-electron chi connectivity index (χ2n) is 12.7. The highest BCUT2D eigenvalue weighted by atomic mass is 16.7. The molecule has 0 radical (unpaired) electrons. The van der Waals surface area contributed by atoms with Crippen molar-refractivity contribution < 1.29 is 38.3 Å². The van der Waals surface area contributed by atoms with E-state index in [1.807, 2.05) is 65.0 Å². The highest BCUT2D eigenvalue weighted by molar-refractivity contribution is 5.87. The molecular formula is C36H58O8. The molecule has 1 fully saturated rings. The lowest BCUT2D eigenvalue weighted by Gasteiger charge is -2.47. The number of hydrogen-bond donors (Lipinski definition) is 1. The van der Waals surface area contributed by atoms with Crippen LogP contribution in [0.25, 0.3) is 0 Å². The highest BCUT2D eigenvalue weighted by Crippen LogP contribution is 2.41. The molecule has 0 bridgehead atoms. The van der Waals surface area contributed by atoms with Crippen molar-refractivity contribution in [3.05, 3.63) is 58.9 Å². The molecular weight excluding hydrogens is 560 g/mol. The van der Waals surface area contributed by atoms with Gasteiger partial charge in [0, 0.05) is 45.5 Å². The maximum absolute atomic E-state index is 13.5. The van der Waals surface area contributed by atoms with Crippen molar-refractivity contribution in [2.24, 2.45) is 23.7 Å². The summed E-state index contributed by atoms with van der Waals surface area (Å²) in [7, 11) is 6.44. The van der Waals surface area contributed by atoms with E-state index in [2.05, 4.69) is 20.8 Å². The van der Waals surface area contributed by atoms with Crippen LogP contribution in [0.3, 0.4) is 0 Å². The number of carbonyl (C=O) groups is 1. The summed E-state index contributed by atoms with van der Waals surface area (Å²) in [4.78, 5) is 13.5. The van der Waals surface area contributed by atoms with Crippen LogP contribution in [-0.2, 0) is 33.2 Å². The average molecular weight is 619 g/mol. The summed E-state index contributed by atoms with van der Waals surface area (Å²) in [6.45, 7) is 16.2. The van der Waals surface area contributed by atoms with E-state index in [0.717, 1.165) is 29.6 Å². The van der Waals surface area contributed by atoms with Crippen LogP contribution in [-0.4, -0.2) is 75.8 Å². The molecule has 0 aromatic heterocycles. The van der Waals surface area contributed by atoms with E-state index in [9.17, 15) is 9.90 Å². The van der Waals surface area contributed by atoms with E-state index in [4.69, 9.17) is 28.4 Å². The molecule has 8 heteroatoms. The van der Waals surface area contributed by atoms with Crippen LogP contribution in [0.2, 0.25) is 0 Å². The number of aliphatic hydroxyl groups is 1. The molecule has 10 atom stereocenters. The lowest BCUT2D eigenvalue weighted by atomic mass is 9.83. The van der Waals surface area contributed by atoms with Gasteiger partial charge in [0.2, 0.25) is 5.76 Å². The fourth-order valence-corrected chi connectivity index (χ4v) is 6.50. The van der Waals surface area contributed by atoms with Gasteiger partial charge in [-0.2, -0.15) is 0 Å². The van der Waals surface area contributed by atoms with Crippen LogP contribution < -0.4 is 0 Å². The fourth-order valence-electron chi connectivity index (χ4n) is 6.50. The maximum Gasteiger partial charge on any atom is 0.373 e. The summed E-state index contributed by atoms with van der Waals surface area (Å²) >= 11 is 0. The Morgan fingerprint density at radius 2 is 1.84 bits per heavy atom. The van der Waals surface area contributed by atoms with Gasteiger partial charge in [0.15, 0.2) is 5.79 Å². The Hall–Kier alpha value is -2.23. The van der Waals surface area contributed by atoms with Crippen LogP contribution in [0.5, 0.6) is 0 Å². The van der Waals surface area contributed by atoms with Gasteiger partial charge in [0.05, 0.1) is 25.4 Å². The van der Waals surface area contributed by atoms with Gasteiger partial charge in [-0.1, -0.05) is 76.1 Å². The Bertz CT molecular complexity index is 1070. The molecule has 0 spiro atoms. The number of aliphatic hydroxyl groups excluding tert-OH is 1. The van der Waals surface area contributed by atoms with E-state index in [-0.39, 0.29) is 41.6 Å². The predicted molar refractivity (Wildman–Crippen MR) is 174 cm³/mol. The Kier molecular flexibility index (Phi) is 15.1. The van der Waals surface area contributed by atoms with Crippen molar-refractivity contribution >= 4 is 5.97 Å². The second-order valence-corrected chi connectivity index (χ2v) is 12.7. The minimum atomic E-state index is -0.972. The maximum atomic E-state index is 13.5. The zero-order valence-corrected chi connectivity index (χ0v) is 29.1. The van der Waals surface area contributed by atoms with Crippen LogP contribution in [0.1, 0.15) is 74.7 Å². The van der Waals surface area contributed by atoms with Crippen molar-refractivity contribution in [2.75, 3.05) is 28.4 Å². The first-order valence-corrected chi connectivity index (χ1v) is 15.9. The van der Waals surface area contributed by atoms with Gasteiger partial charge in [0.1, 0.15) is 12.2 Å². The molecule has 0 saturated carbocycles. The SMILES string of the molecule is CC[C@@H]1O[C@](OC)(/C(C)=C/[C@@H](C)[C@@H]2OC(=O)/C(OC)=C\C(C)=C\[C@H](C)[C@H](O)[C@@H](C)C/C(C)=C/C=C/[C@@H]2OC)C[C@H](OC)[C@H]1C. The van der Waals surface area contributed by atoms with E-state index in [1.165, 1.54) is 7.11 Å². The molecule has 0 unspecified atom stereocenters. The normalized spacial score (nSPS) is 40.0. The van der Waals surface area contributed by atoms with Gasteiger partial charge in [-0.25, -0.2) is 4.79 Å². The summed E-state index contributed by atoms with van der Waals surface area (Å²) in [6.07, 6.45) is 11.8. The third kappa shape index (κ3) is 9.63. The van der Waals surface area contributed by atoms with Crippen LogP contribution in [0, 0.1) is 23.7 Å². The molecule has 250 valence electrons. The van der Waals surface area contributed by atoms with Gasteiger partial charge in [-0.3, -0.25) is 0 Å². The molecule has 2 rings (SSSR count). The smallest absolute Gasteiger partial charge is 0.373 e. The number of carbonyl (C=O) groups excluding carboxylic acids is 1. The molecule has 1 N–H and O–H groups in total. The zero-order chi connectivity index (χ0) is 33.2. The number of esters is 1. The molecule has 2 aliphatic heterocycles. The molecule has 0 aromatic rings. The zero-order valence-electron chi connectivity index (χ0n) is 29.1. The Labute approximate surface area is 266 Å². The first-order valence-electron chi connectivity index (χ1n) is 15.9. The summed E-state index contributed by atoms with van der Waals surface area (Å²) in [5.74, 6) is -1.65. The van der Waals surface area contributed by atoms with Crippen LogP contribution in [0.15, 0.2) is 58.9 Å². The van der Waals surface area contributed by atoms with Crippen LogP contribution >= 0.6 is 0 Å². The predicted octanol–water partition coefficient (Wildman–Crippen LogP) is 6.70. The number of cyclic esters (lactones) is 1. The van der Waals surface area contributed by atoms with E-state index >= 15 is 0 Å². The summed E-state index contributed by atoms with van der Waals surface area (Å²) in [5, 5.41) is 10.9. The summed E-state index contributed by atoms with van der Waals surface area (Å²) in [6, 6.07) is 0. The van der Waals surface area contributed by atoms with Crippen LogP contribution in [0.4, 0.5) is 0 Å². The topological polar surface area (TPSA) is 92.7 Å². The van der Waals surface area contributed by atoms with Gasteiger partial charge < -0.3 is 33.5 Å². The van der Waals surface area contributed by atoms with Gasteiger partial charge in [-0.15, -0.1) is 0 Å². The molecule has 1 saturated heterocycles. The number of hydrogen-bond acceptors (Lipinski definition) is 8. The summed E-state index contributed by atoms with van der Waals surface area (Å²) in [5.41, 5.74) is 2.80. The van der Waals surface area contributed by atoms with Gasteiger partial charge in [-0.05, 0) is 51.2 Å². The monoisotopic (exact) mass is 618 g/mol. The van der Waals surface area contributed by atoms with Crippen molar-refractivity contribution in [3.8, 4) is 0 Å². The van der Waals surface area contributed by atoms with Gasteiger partial charge >= 0.3 is 5.97 Å². The minimum absolute atomic E-state index is 0.0327. The highest BCUT2D eigenvalue weighted by Gasteiger charge is 2.47. The lowest BCUT2D eigenvalue weighted by Crippen LogP contribution is -2.53. The summed E-state index contributed by atoms with van der Waals surface area (Å²) < 4.78 is 36.1. The van der Waals surface area contributed by atoms with E-state index in [0.29, 0.717) is 6.42 Å². The number of rotatable bonds is 8. The molecule has 0 aliphatic carbocycles. The molecule has 0 amide bonds. The standard InChI is InChI=1S/C36H58O8/c1-13-29-28(8)32(41-11)21-36(42-12,44-29)27(7)20-26(6)34-30(39-9)16-14-15-22(2)17-24(4)33(37)25(5)18-23(3)19-31(40-10)35(38)43-34/h14-16,18-20,24-26,28-30,32-34,37H,13,17,21H2,1-12H3/b16-14+,22-15+,23-18+,27-20+,31-19+/t24-,25-,26+,28-,29-,30-,32-,33+,34-,36-/m0/s1. The van der Waals surface area contributed by atoms with E-state index < -0.39 is 30.1 Å². The Morgan fingerprint density at radius 1 is 1.16 bits per heavy atom. The number of ether oxygens (including phenoxy) is 6. The van der Waals surface area contributed by atoms with Crippen molar-refractivity contribution in [3.63, 3.8) is 0 Å². The number of methoxy groups -OCH3 is 4. The third-order valence-electron chi connectivity index (χ3n) is 9.24. The molecule has 2 aliphatic rings. The number of allylic oxidation sites excluding steroid dienone is 5. The lowest BCUT2D eigenvalue weighted by molar-refractivity contribution is -0.282. The van der Waals surface area contributed by atoms with Crippen molar-refractivity contribution in [1.29, 1.82) is 0 Å². The molecule has 0 aromatic carbocycles. The minimum Gasteiger partial charge on any atom is -0.490 e. The third-order valence-corrected chi connectivity index (χ3v) is 9.24. The largest absolute Gasteiger partial charge is 0.490 e. The fraction of sp³-hybridized carbons (Fsp3) is 0.694. The van der Waals surface area contributed by atoms with Crippen molar-refractivity contribution in [2.45, 2.75) is 111 Å². The quantitative estimate of drug-likeness (QED) is 0.237. The average Bonchev–Trinajstić information content (AvgIpc) is 2.99. The Balaban J connectivity index is 2.58. The van der Waals surface area contributed by atoms with Crippen molar-refractivity contribution in [1.82, 2.24) is 0 Å². The van der Waals surface area contributed by atoms with E-state index in [1.54, 1.807) is 27.4 Å². The molecule has 8 nitrogen and oxygen atoms in total. The van der Waals surface area contributed by atoms with Gasteiger partial charge in [0.25, 0.3) is 0 Å². The molecule has 44 heavy (non-hydrogen) atoms. The first-order chi connectivity index (χ1) is 20.8. The first kappa shape index (κ1) is 38.0. The Morgan fingerprint density at radius 3 is 2.41 bits per heavy atom. The molecule has 2 heterocycles.